The van der Waals surface area contributed by atoms with Gasteiger partial charge in [0, 0.05) is 25.7 Å². The van der Waals surface area contributed by atoms with Crippen LogP contribution in [0.25, 0.3) is 0 Å². The van der Waals surface area contributed by atoms with E-state index in [0.29, 0.717) is 6.42 Å². The van der Waals surface area contributed by atoms with Crippen molar-refractivity contribution in [2.75, 3.05) is 52.4 Å². The molecule has 1 atom stereocenters. The minimum Gasteiger partial charge on any atom is -0.480 e. The van der Waals surface area contributed by atoms with Gasteiger partial charge in [-0.3, -0.25) is 38.7 Å². The largest absolute Gasteiger partial charge is 0.480 e. The fourth-order valence-electron chi connectivity index (χ4n) is 3.28. The first-order chi connectivity index (χ1) is 14.6. The zero-order chi connectivity index (χ0) is 25.1. The van der Waals surface area contributed by atoms with E-state index in [9.17, 15) is 39.3 Å². The number of hydrogen-bond acceptors (Lipinski definition) is 8. The van der Waals surface area contributed by atoms with Crippen LogP contribution < -0.4 is 0 Å². The molecule has 0 aliphatic carbocycles. The second kappa shape index (κ2) is 13.6. The van der Waals surface area contributed by atoms with E-state index in [1.165, 1.54) is 9.80 Å². The van der Waals surface area contributed by atoms with E-state index < -0.39 is 68.6 Å². The zero-order valence-electron chi connectivity index (χ0n) is 18.6. The predicted octanol–water partition coefficient (Wildman–Crippen LogP) is -0.880. The molecule has 0 spiro atoms. The van der Waals surface area contributed by atoms with Crippen LogP contribution in [0.5, 0.6) is 0 Å². The van der Waals surface area contributed by atoms with Crippen molar-refractivity contribution in [3.63, 3.8) is 0 Å². The number of nitrogens with zero attached hydrogens (tertiary/aromatic N) is 3. The average Bonchev–Trinajstić information content (AvgIpc) is 2.54. The first-order valence-corrected chi connectivity index (χ1v) is 9.86. The molecule has 0 amide bonds. The van der Waals surface area contributed by atoms with Gasteiger partial charge in [-0.15, -0.1) is 0 Å². The molecule has 0 saturated heterocycles. The van der Waals surface area contributed by atoms with Crippen LogP contribution in [0.2, 0.25) is 0 Å². The minimum absolute atomic E-state index is 0.00187. The molecule has 0 aromatic carbocycles. The summed E-state index contributed by atoms with van der Waals surface area (Å²) in [7, 11) is 0. The third kappa shape index (κ3) is 15.1. The van der Waals surface area contributed by atoms with Crippen LogP contribution in [0.1, 0.15) is 27.2 Å². The van der Waals surface area contributed by atoms with Crippen molar-refractivity contribution in [3.8, 4) is 0 Å². The Morgan fingerprint density at radius 3 is 1.31 bits per heavy atom. The van der Waals surface area contributed by atoms with E-state index in [0.717, 1.165) is 4.90 Å². The normalized spacial score (nSPS) is 12.8. The number of aliphatic carboxylic acids is 5. The molecule has 1 unspecified atom stereocenters. The van der Waals surface area contributed by atoms with Crippen LogP contribution in [0.15, 0.2) is 0 Å². The van der Waals surface area contributed by atoms with Gasteiger partial charge in [0.2, 0.25) is 0 Å². The van der Waals surface area contributed by atoms with E-state index in [1.807, 2.05) is 20.8 Å². The second-order valence-electron chi connectivity index (χ2n) is 8.74. The number of rotatable bonds is 17. The first kappa shape index (κ1) is 29.2. The minimum atomic E-state index is -1.24. The molecule has 0 fully saturated rings. The number of carboxylic acids is 5. The first-order valence-electron chi connectivity index (χ1n) is 9.86. The lowest BCUT2D eigenvalue weighted by Gasteiger charge is -2.37. The zero-order valence-corrected chi connectivity index (χ0v) is 18.6. The maximum atomic E-state index is 11.4. The van der Waals surface area contributed by atoms with Crippen molar-refractivity contribution in [2.45, 2.75) is 33.2 Å². The van der Waals surface area contributed by atoms with Crippen molar-refractivity contribution in [1.29, 1.82) is 0 Å². The summed E-state index contributed by atoms with van der Waals surface area (Å²) < 4.78 is 0. The molecule has 0 aromatic rings. The van der Waals surface area contributed by atoms with E-state index in [-0.39, 0.29) is 25.0 Å². The monoisotopic (exact) mass is 463 g/mol. The summed E-state index contributed by atoms with van der Waals surface area (Å²) in [6.07, 6.45) is 0.359. The van der Waals surface area contributed by atoms with E-state index in [1.54, 1.807) is 0 Å². The maximum Gasteiger partial charge on any atom is 0.317 e. The molecule has 0 saturated carbocycles. The van der Waals surface area contributed by atoms with Gasteiger partial charge in [0.25, 0.3) is 0 Å². The Kier molecular flexibility index (Phi) is 12.4. The highest BCUT2D eigenvalue weighted by Gasteiger charge is 2.30. The van der Waals surface area contributed by atoms with Crippen LogP contribution in [0, 0.1) is 5.41 Å². The molecule has 13 heteroatoms. The molecule has 0 rings (SSSR count). The van der Waals surface area contributed by atoms with Crippen molar-refractivity contribution < 1.29 is 49.5 Å². The highest BCUT2D eigenvalue weighted by Crippen LogP contribution is 2.24. The standard InChI is InChI=1S/C19H33N3O10/c1-19(2,3)6-13(22(11-17(29)30)12-18(31)32)7-20(8-14(23)24)4-5-21(9-15(25)26)10-16(27)28/h13H,4-12H2,1-3H3,(H,23,24)(H,25,26)(H,27,28)(H,29,30)(H,31,32). The van der Waals surface area contributed by atoms with Crippen molar-refractivity contribution in [1.82, 2.24) is 14.7 Å². The lowest BCUT2D eigenvalue weighted by Crippen LogP contribution is -2.51. The summed E-state index contributed by atoms with van der Waals surface area (Å²) in [6, 6.07) is -0.631. The topological polar surface area (TPSA) is 196 Å². The molecule has 0 aliphatic heterocycles. The number of carboxylic acid groups (broad SMARTS) is 5. The lowest BCUT2D eigenvalue weighted by atomic mass is 9.87. The summed E-state index contributed by atoms with van der Waals surface area (Å²) in [6.45, 7) is 2.87. The third-order valence-corrected chi connectivity index (χ3v) is 4.32. The van der Waals surface area contributed by atoms with Gasteiger partial charge in [-0.2, -0.15) is 0 Å². The molecule has 0 heterocycles. The summed E-state index contributed by atoms with van der Waals surface area (Å²) in [4.78, 5) is 59.7. The Bertz CT molecular complexity index is 645. The molecular formula is C19H33N3O10. The van der Waals surface area contributed by atoms with Crippen LogP contribution in [-0.2, 0) is 24.0 Å². The summed E-state index contributed by atoms with van der Waals surface area (Å²) in [5.41, 5.74) is -0.340. The van der Waals surface area contributed by atoms with Crippen molar-refractivity contribution in [2.24, 2.45) is 5.41 Å². The van der Waals surface area contributed by atoms with Gasteiger partial charge in [-0.05, 0) is 11.8 Å². The quantitative estimate of drug-likeness (QED) is 0.178. The van der Waals surface area contributed by atoms with E-state index in [4.69, 9.17) is 10.2 Å². The molecular weight excluding hydrogens is 430 g/mol. The Labute approximate surface area is 185 Å². The van der Waals surface area contributed by atoms with Crippen LogP contribution in [0.4, 0.5) is 0 Å². The summed E-state index contributed by atoms with van der Waals surface area (Å²) >= 11 is 0. The van der Waals surface area contributed by atoms with Crippen LogP contribution in [0.3, 0.4) is 0 Å². The second-order valence-corrected chi connectivity index (χ2v) is 8.74. The molecule has 5 N–H and O–H groups in total. The molecule has 0 aliphatic rings. The average molecular weight is 463 g/mol. The van der Waals surface area contributed by atoms with E-state index >= 15 is 0 Å². The molecule has 184 valence electrons. The molecule has 0 bridgehead atoms. The van der Waals surface area contributed by atoms with Gasteiger partial charge in [-0.25, -0.2) is 0 Å². The predicted molar refractivity (Wildman–Crippen MR) is 110 cm³/mol. The van der Waals surface area contributed by atoms with Gasteiger partial charge < -0.3 is 25.5 Å². The number of hydrogen-bond donors (Lipinski definition) is 5. The number of carbonyl (C=O) groups is 5. The summed E-state index contributed by atoms with van der Waals surface area (Å²) in [5, 5.41) is 45.6. The third-order valence-electron chi connectivity index (χ3n) is 4.32. The smallest absolute Gasteiger partial charge is 0.317 e. The summed E-state index contributed by atoms with van der Waals surface area (Å²) in [5.74, 6) is -6.13. The van der Waals surface area contributed by atoms with Gasteiger partial charge in [-0.1, -0.05) is 20.8 Å². The highest BCUT2D eigenvalue weighted by atomic mass is 16.4. The van der Waals surface area contributed by atoms with Gasteiger partial charge in [0.05, 0.1) is 32.7 Å². The van der Waals surface area contributed by atoms with Gasteiger partial charge in [0.15, 0.2) is 0 Å². The Hall–Kier alpha value is -2.77. The molecule has 32 heavy (non-hydrogen) atoms. The van der Waals surface area contributed by atoms with Crippen molar-refractivity contribution >= 4 is 29.8 Å². The van der Waals surface area contributed by atoms with Crippen LogP contribution >= 0.6 is 0 Å². The Morgan fingerprint density at radius 2 is 0.969 bits per heavy atom. The fourth-order valence-corrected chi connectivity index (χ4v) is 3.28. The Morgan fingerprint density at radius 1 is 0.625 bits per heavy atom. The van der Waals surface area contributed by atoms with Crippen LogP contribution in [-0.4, -0.2) is 128 Å². The SMILES string of the molecule is CC(C)(C)CC(CN(CCN(CC(=O)O)CC(=O)O)CC(=O)O)N(CC(=O)O)CC(=O)O. The fraction of sp³-hybridized carbons (Fsp3) is 0.737. The highest BCUT2D eigenvalue weighted by molar-refractivity contribution is 5.73. The van der Waals surface area contributed by atoms with Crippen molar-refractivity contribution in [3.05, 3.63) is 0 Å². The van der Waals surface area contributed by atoms with Gasteiger partial charge in [0.1, 0.15) is 0 Å². The maximum absolute atomic E-state index is 11.4. The Balaban J connectivity index is 5.67. The molecule has 0 aromatic heterocycles. The molecule has 13 nitrogen and oxygen atoms in total. The molecule has 0 radical (unpaired) electrons. The lowest BCUT2D eigenvalue weighted by molar-refractivity contribution is -0.145. The van der Waals surface area contributed by atoms with Gasteiger partial charge >= 0.3 is 29.8 Å². The van der Waals surface area contributed by atoms with E-state index in [2.05, 4.69) is 0 Å².